The fraction of sp³-hybridized carbons (Fsp3) is 0.417. The predicted octanol–water partition coefficient (Wildman–Crippen LogP) is 0.630. The number of halogens is 1. The van der Waals surface area contributed by atoms with Crippen LogP contribution >= 0.6 is 0 Å². The van der Waals surface area contributed by atoms with Crippen LogP contribution in [0.25, 0.3) is 0 Å². The van der Waals surface area contributed by atoms with Gasteiger partial charge in [0.1, 0.15) is 17.1 Å². The van der Waals surface area contributed by atoms with E-state index in [4.69, 9.17) is 9.84 Å². The summed E-state index contributed by atoms with van der Waals surface area (Å²) in [7, 11) is 0. The van der Waals surface area contributed by atoms with Gasteiger partial charge in [-0.05, 0) is 0 Å². The maximum Gasteiger partial charge on any atom is 0.338 e. The number of benzene rings is 1. The van der Waals surface area contributed by atoms with Gasteiger partial charge in [0.2, 0.25) is 0 Å². The molecule has 1 atom stereocenters. The number of nitro benzene ring substituents is 1. The predicted molar refractivity (Wildman–Crippen MR) is 69.1 cm³/mol. The van der Waals surface area contributed by atoms with E-state index < -0.39 is 34.0 Å². The third kappa shape index (κ3) is 2.93. The fourth-order valence-electron chi connectivity index (χ4n) is 2.21. The third-order valence-electron chi connectivity index (χ3n) is 3.24. The lowest BCUT2D eigenvalue weighted by molar-refractivity contribution is -0.384. The van der Waals surface area contributed by atoms with E-state index >= 15 is 0 Å². The van der Waals surface area contributed by atoms with Crippen molar-refractivity contribution in [2.75, 3.05) is 31.3 Å². The molecule has 8 nitrogen and oxygen atoms in total. The Hall–Kier alpha value is -2.26. The topological polar surface area (TPSA) is 113 Å². The number of aliphatic hydroxyl groups excluding tert-OH is 1. The molecule has 0 aliphatic carbocycles. The highest BCUT2D eigenvalue weighted by Gasteiger charge is 2.30. The lowest BCUT2D eigenvalue weighted by Gasteiger charge is -2.35. The summed E-state index contributed by atoms with van der Waals surface area (Å²) in [5.41, 5.74) is -1.35. The first-order chi connectivity index (χ1) is 9.95. The highest BCUT2D eigenvalue weighted by Crippen LogP contribution is 2.33. The average molecular weight is 300 g/mol. The molecule has 1 aliphatic rings. The minimum atomic E-state index is -1.58. The number of nitrogens with zero attached hydrogens (tertiary/aromatic N) is 2. The summed E-state index contributed by atoms with van der Waals surface area (Å²) in [4.78, 5) is 22.7. The van der Waals surface area contributed by atoms with Crippen LogP contribution < -0.4 is 4.90 Å². The fourth-order valence-corrected chi connectivity index (χ4v) is 2.21. The maximum absolute atomic E-state index is 13.8. The Morgan fingerprint density at radius 2 is 2.29 bits per heavy atom. The van der Waals surface area contributed by atoms with E-state index in [2.05, 4.69) is 0 Å². The van der Waals surface area contributed by atoms with Gasteiger partial charge in [0.25, 0.3) is 5.69 Å². The molecule has 0 amide bonds. The molecule has 114 valence electrons. The lowest BCUT2D eigenvalue weighted by atomic mass is 10.1. The van der Waals surface area contributed by atoms with Gasteiger partial charge in [-0.1, -0.05) is 0 Å². The Morgan fingerprint density at radius 1 is 1.57 bits per heavy atom. The number of nitro groups is 1. The molecule has 2 N–H and O–H groups in total. The van der Waals surface area contributed by atoms with E-state index in [-0.39, 0.29) is 32.1 Å². The summed E-state index contributed by atoms with van der Waals surface area (Å²) >= 11 is 0. The van der Waals surface area contributed by atoms with Gasteiger partial charge in [0.15, 0.2) is 0 Å². The monoisotopic (exact) mass is 300 g/mol. The minimum absolute atomic E-state index is 0.0650. The molecule has 1 aliphatic heterocycles. The Kier molecular flexibility index (Phi) is 4.34. The normalized spacial score (nSPS) is 18.6. The van der Waals surface area contributed by atoms with E-state index in [9.17, 15) is 24.4 Å². The molecule has 1 aromatic rings. The van der Waals surface area contributed by atoms with Crippen LogP contribution in [-0.2, 0) is 4.74 Å². The minimum Gasteiger partial charge on any atom is -0.478 e. The van der Waals surface area contributed by atoms with Crippen LogP contribution in [-0.4, -0.2) is 53.5 Å². The third-order valence-corrected chi connectivity index (χ3v) is 3.24. The van der Waals surface area contributed by atoms with Gasteiger partial charge in [-0.25, -0.2) is 9.18 Å². The molecular weight excluding hydrogens is 287 g/mol. The van der Waals surface area contributed by atoms with Gasteiger partial charge >= 0.3 is 5.97 Å². The maximum atomic E-state index is 13.8. The summed E-state index contributed by atoms with van der Waals surface area (Å²) in [5, 5.41) is 29.2. The van der Waals surface area contributed by atoms with Gasteiger partial charge in [-0.15, -0.1) is 0 Å². The molecule has 0 radical (unpaired) electrons. The van der Waals surface area contributed by atoms with Crippen molar-refractivity contribution >= 4 is 17.3 Å². The Labute approximate surface area is 118 Å². The number of aromatic carboxylic acids is 1. The largest absolute Gasteiger partial charge is 0.478 e. The van der Waals surface area contributed by atoms with Crippen molar-refractivity contribution in [2.45, 2.75) is 6.04 Å². The van der Waals surface area contributed by atoms with Crippen molar-refractivity contribution in [3.8, 4) is 0 Å². The summed E-state index contributed by atoms with van der Waals surface area (Å²) in [6.07, 6.45) is 0. The first-order valence-corrected chi connectivity index (χ1v) is 6.12. The van der Waals surface area contributed by atoms with Crippen LogP contribution in [0.4, 0.5) is 15.8 Å². The highest BCUT2D eigenvalue weighted by atomic mass is 19.1. The van der Waals surface area contributed by atoms with E-state index in [1.165, 1.54) is 4.90 Å². The number of ether oxygens (including phenoxy) is 1. The molecule has 0 bridgehead atoms. The number of carboxylic acid groups (broad SMARTS) is 1. The summed E-state index contributed by atoms with van der Waals surface area (Å²) < 4.78 is 19.0. The van der Waals surface area contributed by atoms with Gasteiger partial charge in [-0.2, -0.15) is 0 Å². The SMILES string of the molecule is O=C(O)c1cc([N+](=O)[O-])c(N2CCOCC2CO)cc1F. The molecule has 1 unspecified atom stereocenters. The van der Waals surface area contributed by atoms with Crippen LogP contribution in [0.3, 0.4) is 0 Å². The van der Waals surface area contributed by atoms with Crippen LogP contribution in [0, 0.1) is 15.9 Å². The van der Waals surface area contributed by atoms with Gasteiger partial charge in [0.05, 0.1) is 30.8 Å². The summed E-state index contributed by atoms with van der Waals surface area (Å²) in [5.74, 6) is -2.64. The number of morpholine rings is 1. The first-order valence-electron chi connectivity index (χ1n) is 6.12. The molecule has 21 heavy (non-hydrogen) atoms. The highest BCUT2D eigenvalue weighted by molar-refractivity contribution is 5.90. The Bertz CT molecular complexity index is 579. The number of hydrogen-bond acceptors (Lipinski definition) is 6. The second-order valence-corrected chi connectivity index (χ2v) is 4.49. The number of anilines is 1. The van der Waals surface area contributed by atoms with Gasteiger partial charge < -0.3 is 19.8 Å². The smallest absolute Gasteiger partial charge is 0.338 e. The first kappa shape index (κ1) is 15.1. The van der Waals surface area contributed by atoms with E-state index in [1.54, 1.807) is 0 Å². The van der Waals surface area contributed by atoms with Crippen LogP contribution in [0.1, 0.15) is 10.4 Å². The second-order valence-electron chi connectivity index (χ2n) is 4.49. The van der Waals surface area contributed by atoms with Crippen molar-refractivity contribution in [1.29, 1.82) is 0 Å². The van der Waals surface area contributed by atoms with Crippen LogP contribution in [0.5, 0.6) is 0 Å². The molecular formula is C12H13FN2O6. The molecule has 0 aromatic heterocycles. The van der Waals surface area contributed by atoms with Crippen molar-refractivity contribution in [1.82, 2.24) is 0 Å². The zero-order valence-electron chi connectivity index (χ0n) is 10.9. The van der Waals surface area contributed by atoms with Crippen molar-refractivity contribution < 1.29 is 29.1 Å². The van der Waals surface area contributed by atoms with Crippen molar-refractivity contribution in [2.24, 2.45) is 0 Å². The average Bonchev–Trinajstić information content (AvgIpc) is 2.46. The zero-order valence-corrected chi connectivity index (χ0v) is 10.9. The Balaban J connectivity index is 2.53. The second kappa shape index (κ2) is 6.02. The summed E-state index contributed by atoms with van der Waals surface area (Å²) in [6, 6.07) is 0.958. The molecule has 0 saturated carbocycles. The molecule has 1 aromatic carbocycles. The molecule has 1 heterocycles. The molecule has 2 rings (SSSR count). The molecule has 0 spiro atoms. The van der Waals surface area contributed by atoms with Crippen LogP contribution in [0.2, 0.25) is 0 Å². The number of carboxylic acids is 1. The van der Waals surface area contributed by atoms with Gasteiger partial charge in [0, 0.05) is 18.7 Å². The van der Waals surface area contributed by atoms with E-state index in [0.717, 1.165) is 6.07 Å². The number of hydrogen-bond donors (Lipinski definition) is 2. The molecule has 9 heteroatoms. The standard InChI is InChI=1S/C12H13FN2O6/c13-9-4-10(14-1-2-21-6-7(14)5-16)11(15(19)20)3-8(9)12(17)18/h3-4,7,16H,1-2,5-6H2,(H,17,18). The van der Waals surface area contributed by atoms with Crippen LogP contribution in [0.15, 0.2) is 12.1 Å². The molecule has 1 fully saturated rings. The lowest BCUT2D eigenvalue weighted by Crippen LogP contribution is -2.48. The zero-order chi connectivity index (χ0) is 15.6. The quantitative estimate of drug-likeness (QED) is 0.619. The number of rotatable bonds is 4. The van der Waals surface area contributed by atoms with E-state index in [0.29, 0.717) is 6.07 Å². The van der Waals surface area contributed by atoms with Crippen molar-refractivity contribution in [3.63, 3.8) is 0 Å². The van der Waals surface area contributed by atoms with Crippen molar-refractivity contribution in [3.05, 3.63) is 33.6 Å². The number of aliphatic hydroxyl groups is 1. The number of carbonyl (C=O) groups is 1. The van der Waals surface area contributed by atoms with Gasteiger partial charge in [-0.3, -0.25) is 10.1 Å². The molecule has 1 saturated heterocycles. The summed E-state index contributed by atoms with van der Waals surface area (Å²) in [6.45, 7) is 0.337. The van der Waals surface area contributed by atoms with E-state index in [1.807, 2.05) is 0 Å². The Morgan fingerprint density at radius 3 is 2.86 bits per heavy atom.